The molecule has 1 aromatic carbocycles. The van der Waals surface area contributed by atoms with Crippen molar-refractivity contribution < 1.29 is 4.92 Å². The first-order valence-electron chi connectivity index (χ1n) is 7.41. The zero-order valence-corrected chi connectivity index (χ0v) is 14.5. The van der Waals surface area contributed by atoms with Gasteiger partial charge < -0.3 is 5.32 Å². The maximum atomic E-state index is 10.7. The van der Waals surface area contributed by atoms with E-state index in [1.165, 1.54) is 4.88 Å². The van der Waals surface area contributed by atoms with E-state index in [9.17, 15) is 10.1 Å². The summed E-state index contributed by atoms with van der Waals surface area (Å²) in [6.07, 6.45) is 0. The summed E-state index contributed by atoms with van der Waals surface area (Å²) in [5, 5.41) is 14.1. The summed E-state index contributed by atoms with van der Waals surface area (Å²) in [5.41, 5.74) is 1.17. The van der Waals surface area contributed by atoms with Crippen LogP contribution in [0.25, 0.3) is 10.4 Å². The molecule has 1 aliphatic heterocycles. The van der Waals surface area contributed by atoms with Crippen LogP contribution in [0.3, 0.4) is 0 Å². The second kappa shape index (κ2) is 7.88. The van der Waals surface area contributed by atoms with Crippen molar-refractivity contribution >= 4 is 29.4 Å². The molecule has 2 aromatic rings. The summed E-state index contributed by atoms with van der Waals surface area (Å²) in [6, 6.07) is 11.6. The van der Waals surface area contributed by atoms with Gasteiger partial charge in [-0.15, -0.1) is 23.7 Å². The Balaban J connectivity index is 0.00000192. The number of non-ortho nitro benzene ring substituents is 1. The van der Waals surface area contributed by atoms with Gasteiger partial charge in [0.15, 0.2) is 0 Å². The zero-order chi connectivity index (χ0) is 15.5. The van der Waals surface area contributed by atoms with Crippen molar-refractivity contribution in [3.63, 3.8) is 0 Å². The molecule has 0 spiro atoms. The van der Waals surface area contributed by atoms with E-state index < -0.39 is 0 Å². The van der Waals surface area contributed by atoms with Crippen LogP contribution in [-0.2, 0) is 6.54 Å². The third kappa shape index (κ3) is 4.51. The molecule has 7 heteroatoms. The Labute approximate surface area is 145 Å². The highest BCUT2D eigenvalue weighted by Gasteiger charge is 2.16. The number of hydrogen-bond acceptors (Lipinski definition) is 5. The predicted octanol–water partition coefficient (Wildman–Crippen LogP) is 3.54. The van der Waals surface area contributed by atoms with E-state index in [-0.39, 0.29) is 23.0 Å². The average Bonchev–Trinajstić information content (AvgIpc) is 2.96. The molecule has 1 fully saturated rings. The van der Waals surface area contributed by atoms with E-state index in [0.29, 0.717) is 6.04 Å². The number of nitro groups is 1. The summed E-state index contributed by atoms with van der Waals surface area (Å²) in [5.74, 6) is 0. The quantitative estimate of drug-likeness (QED) is 0.674. The van der Waals surface area contributed by atoms with Crippen molar-refractivity contribution in [3.8, 4) is 10.4 Å². The molecule has 1 saturated heterocycles. The highest BCUT2D eigenvalue weighted by molar-refractivity contribution is 7.15. The Hall–Kier alpha value is -1.47. The normalized spacial score (nSPS) is 18.4. The van der Waals surface area contributed by atoms with Gasteiger partial charge in [-0.2, -0.15) is 0 Å². The fraction of sp³-hybridized carbons (Fsp3) is 0.375. The number of thiophene rings is 1. The van der Waals surface area contributed by atoms with Gasteiger partial charge >= 0.3 is 0 Å². The third-order valence-electron chi connectivity index (χ3n) is 3.86. The van der Waals surface area contributed by atoms with Crippen molar-refractivity contribution in [1.29, 1.82) is 0 Å². The lowest BCUT2D eigenvalue weighted by Gasteiger charge is -2.31. The predicted molar refractivity (Wildman–Crippen MR) is 96.4 cm³/mol. The topological polar surface area (TPSA) is 58.4 Å². The molecule has 0 aliphatic carbocycles. The number of rotatable bonds is 4. The number of nitro benzene ring substituents is 1. The largest absolute Gasteiger partial charge is 0.312 e. The molecule has 0 radical (unpaired) electrons. The highest BCUT2D eigenvalue weighted by atomic mass is 35.5. The molecular weight excluding hydrogens is 334 g/mol. The molecule has 3 rings (SSSR count). The minimum absolute atomic E-state index is 0. The first kappa shape index (κ1) is 17.9. The van der Waals surface area contributed by atoms with Crippen molar-refractivity contribution in [3.05, 3.63) is 51.4 Å². The maximum absolute atomic E-state index is 10.7. The molecular formula is C16H20ClN3O2S. The fourth-order valence-corrected chi connectivity index (χ4v) is 3.80. The first-order valence-corrected chi connectivity index (χ1v) is 8.23. The second-order valence-electron chi connectivity index (χ2n) is 5.66. The van der Waals surface area contributed by atoms with E-state index >= 15 is 0 Å². The summed E-state index contributed by atoms with van der Waals surface area (Å²) >= 11 is 1.76. The molecule has 0 saturated carbocycles. The number of piperazine rings is 1. The van der Waals surface area contributed by atoms with Crippen molar-refractivity contribution in [2.24, 2.45) is 0 Å². The number of nitrogens with zero attached hydrogens (tertiary/aromatic N) is 2. The molecule has 2 heterocycles. The van der Waals surface area contributed by atoms with Crippen LogP contribution >= 0.6 is 23.7 Å². The summed E-state index contributed by atoms with van der Waals surface area (Å²) in [7, 11) is 0. The van der Waals surface area contributed by atoms with E-state index in [1.807, 2.05) is 12.1 Å². The van der Waals surface area contributed by atoms with Crippen molar-refractivity contribution in [2.75, 3.05) is 19.6 Å². The smallest absolute Gasteiger partial charge is 0.269 e. The number of benzene rings is 1. The van der Waals surface area contributed by atoms with Gasteiger partial charge in [-0.25, -0.2) is 0 Å². The van der Waals surface area contributed by atoms with E-state index in [1.54, 1.807) is 23.5 Å². The van der Waals surface area contributed by atoms with Gasteiger partial charge in [0.1, 0.15) is 0 Å². The van der Waals surface area contributed by atoms with Gasteiger partial charge in [0, 0.05) is 54.1 Å². The van der Waals surface area contributed by atoms with Crippen LogP contribution in [-0.4, -0.2) is 35.5 Å². The molecule has 1 aliphatic rings. The van der Waals surface area contributed by atoms with Crippen LogP contribution < -0.4 is 5.32 Å². The number of nitrogens with one attached hydrogen (secondary N) is 1. The van der Waals surface area contributed by atoms with Gasteiger partial charge in [-0.3, -0.25) is 15.0 Å². The highest BCUT2D eigenvalue weighted by Crippen LogP contribution is 2.30. The van der Waals surface area contributed by atoms with Gasteiger partial charge in [0.25, 0.3) is 5.69 Å². The molecule has 0 bridgehead atoms. The molecule has 23 heavy (non-hydrogen) atoms. The lowest BCUT2D eigenvalue weighted by Crippen LogP contribution is -2.48. The molecule has 5 nitrogen and oxygen atoms in total. The number of hydrogen-bond donors (Lipinski definition) is 1. The van der Waals surface area contributed by atoms with Crippen molar-refractivity contribution in [2.45, 2.75) is 19.5 Å². The van der Waals surface area contributed by atoms with Crippen LogP contribution in [0.4, 0.5) is 5.69 Å². The molecule has 0 unspecified atom stereocenters. The van der Waals surface area contributed by atoms with E-state index in [2.05, 4.69) is 29.3 Å². The molecule has 124 valence electrons. The van der Waals surface area contributed by atoms with Gasteiger partial charge in [-0.1, -0.05) is 0 Å². The summed E-state index contributed by atoms with van der Waals surface area (Å²) in [4.78, 5) is 15.3. The minimum Gasteiger partial charge on any atom is -0.312 e. The zero-order valence-electron chi connectivity index (χ0n) is 12.9. The SMILES string of the molecule is C[C@H]1CN(Cc2ccc(-c3ccc([N+](=O)[O-])cc3)s2)CCN1.Cl. The Bertz CT molecular complexity index is 660. The second-order valence-corrected chi connectivity index (χ2v) is 6.83. The molecule has 1 atom stereocenters. The van der Waals surface area contributed by atoms with Gasteiger partial charge in [0.2, 0.25) is 0 Å². The Morgan fingerprint density at radius 2 is 2.04 bits per heavy atom. The van der Waals surface area contributed by atoms with Crippen LogP contribution in [0.5, 0.6) is 0 Å². The minimum atomic E-state index is -0.366. The maximum Gasteiger partial charge on any atom is 0.269 e. The summed E-state index contributed by atoms with van der Waals surface area (Å²) < 4.78 is 0. The lowest BCUT2D eigenvalue weighted by atomic mass is 10.2. The van der Waals surface area contributed by atoms with Gasteiger partial charge in [0.05, 0.1) is 4.92 Å². The van der Waals surface area contributed by atoms with E-state index in [0.717, 1.165) is 36.6 Å². The fourth-order valence-electron chi connectivity index (χ4n) is 2.74. The Kier molecular flexibility index (Phi) is 6.12. The van der Waals surface area contributed by atoms with Crippen LogP contribution in [0.15, 0.2) is 36.4 Å². The summed E-state index contributed by atoms with van der Waals surface area (Å²) in [6.45, 7) is 6.38. The van der Waals surface area contributed by atoms with E-state index in [4.69, 9.17) is 0 Å². The average molecular weight is 354 g/mol. The number of halogens is 1. The molecule has 1 aromatic heterocycles. The Morgan fingerprint density at radius 1 is 1.30 bits per heavy atom. The first-order chi connectivity index (χ1) is 10.6. The lowest BCUT2D eigenvalue weighted by molar-refractivity contribution is -0.384. The monoisotopic (exact) mass is 353 g/mol. The Morgan fingerprint density at radius 3 is 2.70 bits per heavy atom. The standard InChI is InChI=1S/C16H19N3O2S.ClH/c1-12-10-18(9-8-17-12)11-15-6-7-16(22-15)13-2-4-14(5-3-13)19(20)21;/h2-7,12,17H,8-11H2,1H3;1H/t12-;/m0./s1. The van der Waals surface area contributed by atoms with Gasteiger partial charge in [-0.05, 0) is 36.8 Å². The van der Waals surface area contributed by atoms with Crippen LogP contribution in [0.2, 0.25) is 0 Å². The molecule has 0 amide bonds. The third-order valence-corrected chi connectivity index (χ3v) is 4.98. The van der Waals surface area contributed by atoms with Crippen LogP contribution in [0.1, 0.15) is 11.8 Å². The molecule has 1 N–H and O–H groups in total. The van der Waals surface area contributed by atoms with Crippen molar-refractivity contribution in [1.82, 2.24) is 10.2 Å². The van der Waals surface area contributed by atoms with Crippen LogP contribution in [0, 0.1) is 10.1 Å².